The molecule has 0 spiro atoms. The topological polar surface area (TPSA) is 52.8 Å². The number of rotatable bonds is 4. The third-order valence-corrected chi connectivity index (χ3v) is 2.69. The van der Waals surface area contributed by atoms with Crippen LogP contribution in [0.4, 0.5) is 0 Å². The maximum absolute atomic E-state index is 9.61. The van der Waals surface area contributed by atoms with Crippen LogP contribution in [0.5, 0.6) is 5.75 Å². The van der Waals surface area contributed by atoms with E-state index in [1.807, 2.05) is 36.4 Å². The van der Waals surface area contributed by atoms with E-state index in [0.717, 1.165) is 5.56 Å². The van der Waals surface area contributed by atoms with Crippen LogP contribution in [0.2, 0.25) is 0 Å². The van der Waals surface area contributed by atoms with Gasteiger partial charge in [0.25, 0.3) is 0 Å². The van der Waals surface area contributed by atoms with Crippen LogP contribution in [0.15, 0.2) is 59.6 Å². The number of phenols is 1. The Kier molecular flexibility index (Phi) is 4.10. The Morgan fingerprint density at radius 3 is 2.33 bits per heavy atom. The van der Waals surface area contributed by atoms with E-state index in [1.165, 1.54) is 0 Å². The van der Waals surface area contributed by atoms with Crippen molar-refractivity contribution in [3.8, 4) is 5.75 Å². The fraction of sp³-hybridized carbons (Fsp3) is 0.133. The van der Waals surface area contributed by atoms with E-state index in [0.29, 0.717) is 5.56 Å². The number of hydrogen-bond acceptors (Lipinski definition) is 3. The Morgan fingerprint density at radius 2 is 1.67 bits per heavy atom. The molecule has 0 aliphatic carbocycles. The van der Waals surface area contributed by atoms with Gasteiger partial charge in [-0.25, -0.2) is 0 Å². The molecule has 18 heavy (non-hydrogen) atoms. The molecule has 0 saturated heterocycles. The summed E-state index contributed by atoms with van der Waals surface area (Å²) in [7, 11) is 0. The van der Waals surface area contributed by atoms with E-state index in [-0.39, 0.29) is 18.4 Å². The molecule has 2 rings (SSSR count). The molecule has 0 aromatic heterocycles. The fourth-order valence-corrected chi connectivity index (χ4v) is 1.68. The van der Waals surface area contributed by atoms with Gasteiger partial charge in [0.2, 0.25) is 0 Å². The van der Waals surface area contributed by atoms with Crippen molar-refractivity contribution >= 4 is 6.21 Å². The number of aliphatic imine (C=N–C) groups is 1. The van der Waals surface area contributed by atoms with Gasteiger partial charge in [0, 0.05) is 11.8 Å². The standard InChI is InChI=1S/C15H15NO2/c17-11-14(12-6-2-1-3-7-12)16-10-13-8-4-5-9-15(13)18/h1-10,14,17-18H,11H2/b16-10+. The summed E-state index contributed by atoms with van der Waals surface area (Å²) in [4.78, 5) is 4.31. The fourth-order valence-electron chi connectivity index (χ4n) is 1.68. The maximum atomic E-state index is 9.61. The van der Waals surface area contributed by atoms with Crippen LogP contribution in [-0.2, 0) is 0 Å². The van der Waals surface area contributed by atoms with Crippen LogP contribution < -0.4 is 0 Å². The van der Waals surface area contributed by atoms with Crippen molar-refractivity contribution in [2.75, 3.05) is 6.61 Å². The number of aliphatic hydroxyl groups is 1. The SMILES string of the molecule is OCC(/N=C/c1ccccc1O)c1ccccc1. The third-order valence-electron chi connectivity index (χ3n) is 2.69. The molecule has 0 aliphatic rings. The number of nitrogens with zero attached hydrogens (tertiary/aromatic N) is 1. The first-order chi connectivity index (χ1) is 8.81. The minimum atomic E-state index is -0.300. The highest BCUT2D eigenvalue weighted by Crippen LogP contribution is 2.18. The Balaban J connectivity index is 2.19. The zero-order valence-corrected chi connectivity index (χ0v) is 9.90. The monoisotopic (exact) mass is 241 g/mol. The molecule has 2 N–H and O–H groups in total. The first-order valence-corrected chi connectivity index (χ1v) is 5.78. The second-order valence-corrected chi connectivity index (χ2v) is 3.95. The summed E-state index contributed by atoms with van der Waals surface area (Å²) in [5.41, 5.74) is 1.60. The van der Waals surface area contributed by atoms with Crippen LogP contribution in [0.1, 0.15) is 17.2 Å². The highest BCUT2D eigenvalue weighted by atomic mass is 16.3. The molecule has 0 aliphatic heterocycles. The number of hydrogen-bond donors (Lipinski definition) is 2. The van der Waals surface area contributed by atoms with E-state index < -0.39 is 0 Å². The van der Waals surface area contributed by atoms with Gasteiger partial charge < -0.3 is 10.2 Å². The lowest BCUT2D eigenvalue weighted by molar-refractivity contribution is 0.269. The van der Waals surface area contributed by atoms with Crippen molar-refractivity contribution in [2.24, 2.45) is 4.99 Å². The van der Waals surface area contributed by atoms with Crippen LogP contribution >= 0.6 is 0 Å². The average Bonchev–Trinajstić information content (AvgIpc) is 2.42. The van der Waals surface area contributed by atoms with Gasteiger partial charge >= 0.3 is 0 Å². The molecule has 2 aromatic carbocycles. The first-order valence-electron chi connectivity index (χ1n) is 5.78. The van der Waals surface area contributed by atoms with Gasteiger partial charge in [0.05, 0.1) is 12.6 Å². The van der Waals surface area contributed by atoms with Crippen molar-refractivity contribution in [3.05, 3.63) is 65.7 Å². The number of benzene rings is 2. The highest BCUT2D eigenvalue weighted by Gasteiger charge is 2.06. The van der Waals surface area contributed by atoms with Gasteiger partial charge in [-0.15, -0.1) is 0 Å². The van der Waals surface area contributed by atoms with Gasteiger partial charge in [0.1, 0.15) is 5.75 Å². The molecule has 1 unspecified atom stereocenters. The molecule has 92 valence electrons. The summed E-state index contributed by atoms with van der Waals surface area (Å²) in [6.07, 6.45) is 1.59. The summed E-state index contributed by atoms with van der Waals surface area (Å²) in [5.74, 6) is 0.186. The quantitative estimate of drug-likeness (QED) is 0.808. The summed E-state index contributed by atoms with van der Waals surface area (Å²) < 4.78 is 0. The van der Waals surface area contributed by atoms with Gasteiger partial charge in [-0.3, -0.25) is 4.99 Å². The van der Waals surface area contributed by atoms with Crippen LogP contribution in [0, 0.1) is 0 Å². The molecular formula is C15H15NO2. The molecule has 0 fully saturated rings. The van der Waals surface area contributed by atoms with Crippen molar-refractivity contribution in [1.29, 1.82) is 0 Å². The van der Waals surface area contributed by atoms with Crippen molar-refractivity contribution in [2.45, 2.75) is 6.04 Å². The number of para-hydroxylation sites is 1. The second-order valence-electron chi connectivity index (χ2n) is 3.95. The molecule has 0 amide bonds. The molecule has 2 aromatic rings. The molecular weight excluding hydrogens is 226 g/mol. The lowest BCUT2D eigenvalue weighted by Gasteiger charge is -2.09. The molecule has 3 nitrogen and oxygen atoms in total. The van der Waals surface area contributed by atoms with E-state index in [1.54, 1.807) is 24.4 Å². The predicted octanol–water partition coefficient (Wildman–Crippen LogP) is 2.54. The minimum absolute atomic E-state index is 0.0614. The van der Waals surface area contributed by atoms with Crippen molar-refractivity contribution < 1.29 is 10.2 Å². The normalized spacial score (nSPS) is 12.7. The lowest BCUT2D eigenvalue weighted by Crippen LogP contribution is -2.01. The van der Waals surface area contributed by atoms with E-state index >= 15 is 0 Å². The maximum Gasteiger partial charge on any atom is 0.124 e. The van der Waals surface area contributed by atoms with Crippen molar-refractivity contribution in [1.82, 2.24) is 0 Å². The van der Waals surface area contributed by atoms with Crippen LogP contribution in [0.3, 0.4) is 0 Å². The molecule has 0 heterocycles. The zero-order valence-electron chi connectivity index (χ0n) is 9.90. The third kappa shape index (κ3) is 2.96. The number of aromatic hydroxyl groups is 1. The van der Waals surface area contributed by atoms with E-state index in [9.17, 15) is 10.2 Å². The Hall–Kier alpha value is -2.13. The Labute approximate surface area is 106 Å². The largest absolute Gasteiger partial charge is 0.507 e. The van der Waals surface area contributed by atoms with E-state index in [4.69, 9.17) is 0 Å². The Morgan fingerprint density at radius 1 is 1.00 bits per heavy atom. The van der Waals surface area contributed by atoms with Crippen LogP contribution in [0.25, 0.3) is 0 Å². The van der Waals surface area contributed by atoms with Gasteiger partial charge in [0.15, 0.2) is 0 Å². The lowest BCUT2D eigenvalue weighted by atomic mass is 10.1. The molecule has 3 heteroatoms. The first kappa shape index (κ1) is 12.3. The average molecular weight is 241 g/mol. The summed E-state index contributed by atoms with van der Waals surface area (Å²) in [6.45, 7) is -0.0614. The summed E-state index contributed by atoms with van der Waals surface area (Å²) >= 11 is 0. The van der Waals surface area contributed by atoms with Crippen molar-refractivity contribution in [3.63, 3.8) is 0 Å². The van der Waals surface area contributed by atoms with Gasteiger partial charge in [-0.2, -0.15) is 0 Å². The molecule has 1 atom stereocenters. The zero-order chi connectivity index (χ0) is 12.8. The van der Waals surface area contributed by atoms with Gasteiger partial charge in [-0.1, -0.05) is 42.5 Å². The number of aliphatic hydroxyl groups excluding tert-OH is 1. The predicted molar refractivity (Wildman–Crippen MR) is 72.0 cm³/mol. The minimum Gasteiger partial charge on any atom is -0.507 e. The second kappa shape index (κ2) is 5.98. The summed E-state index contributed by atoms with van der Waals surface area (Å²) in [5, 5.41) is 19.0. The molecule has 0 bridgehead atoms. The van der Waals surface area contributed by atoms with Gasteiger partial charge in [-0.05, 0) is 17.7 Å². The van der Waals surface area contributed by atoms with E-state index in [2.05, 4.69) is 4.99 Å². The molecule has 0 saturated carbocycles. The van der Waals surface area contributed by atoms with Crippen LogP contribution in [-0.4, -0.2) is 23.0 Å². The smallest absolute Gasteiger partial charge is 0.124 e. The molecule has 0 radical (unpaired) electrons. The number of phenolic OH excluding ortho intramolecular Hbond substituents is 1. The Bertz CT molecular complexity index is 523. The highest BCUT2D eigenvalue weighted by molar-refractivity contribution is 5.83. The summed E-state index contributed by atoms with van der Waals surface area (Å²) in [6, 6.07) is 16.3.